The van der Waals surface area contributed by atoms with Crippen molar-refractivity contribution in [3.63, 3.8) is 0 Å². The summed E-state index contributed by atoms with van der Waals surface area (Å²) in [5, 5.41) is 6.94. The molecule has 0 bridgehead atoms. The van der Waals surface area contributed by atoms with Crippen molar-refractivity contribution in [2.24, 2.45) is 5.73 Å². The van der Waals surface area contributed by atoms with E-state index in [2.05, 4.69) is 21.3 Å². The van der Waals surface area contributed by atoms with Crippen LogP contribution in [0.15, 0.2) is 66.9 Å². The van der Waals surface area contributed by atoms with Crippen molar-refractivity contribution in [3.05, 3.63) is 72.4 Å². The Bertz CT molecular complexity index is 1050. The second-order valence-electron chi connectivity index (χ2n) is 6.83. The number of rotatable bonds is 7. The monoisotopic (exact) mass is 420 g/mol. The molecule has 0 aliphatic rings. The van der Waals surface area contributed by atoms with Gasteiger partial charge in [0.15, 0.2) is 0 Å². The van der Waals surface area contributed by atoms with E-state index >= 15 is 0 Å². The predicted molar refractivity (Wildman–Crippen MR) is 116 cm³/mol. The van der Waals surface area contributed by atoms with Crippen LogP contribution in [-0.2, 0) is 4.79 Å². The second-order valence-corrected chi connectivity index (χ2v) is 6.83. The van der Waals surface area contributed by atoms with Gasteiger partial charge in [0.25, 0.3) is 11.8 Å². The highest BCUT2D eigenvalue weighted by atomic mass is 16.2. The lowest BCUT2D eigenvalue weighted by Crippen LogP contribution is -2.53. The zero-order valence-corrected chi connectivity index (χ0v) is 17.0. The van der Waals surface area contributed by atoms with Gasteiger partial charge in [-0.15, -0.1) is 0 Å². The molecule has 0 fully saturated rings. The smallest absolute Gasteiger partial charge is 0.312 e. The third-order valence-corrected chi connectivity index (χ3v) is 4.54. The van der Waals surface area contributed by atoms with Gasteiger partial charge in [-0.1, -0.05) is 61.9 Å². The number of benzene rings is 2. The van der Waals surface area contributed by atoms with Gasteiger partial charge in [-0.05, 0) is 18.6 Å². The Kier molecular flexibility index (Phi) is 7.00. The summed E-state index contributed by atoms with van der Waals surface area (Å²) in [5.74, 6) is -1.10. The van der Waals surface area contributed by atoms with E-state index in [0.29, 0.717) is 18.5 Å². The molecular weight excluding hydrogens is 396 g/mol. The first kappa shape index (κ1) is 21.6. The molecule has 1 unspecified atom stereocenters. The predicted octanol–water partition coefficient (Wildman–Crippen LogP) is 2.14. The molecule has 1 heterocycles. The molecule has 3 aromatic rings. The molecule has 1 atom stereocenters. The Morgan fingerprint density at radius 1 is 1.00 bits per heavy atom. The minimum atomic E-state index is -0.844. The van der Waals surface area contributed by atoms with E-state index in [1.165, 1.54) is 0 Å². The molecular formula is C22H24N6O3. The van der Waals surface area contributed by atoms with Gasteiger partial charge < -0.3 is 11.1 Å². The molecule has 5 N–H and O–H groups in total. The lowest BCUT2D eigenvalue weighted by atomic mass is 10.1. The Balaban J connectivity index is 1.83. The average Bonchev–Trinajstić information content (AvgIpc) is 3.23. The molecule has 0 aliphatic heterocycles. The standard InChI is InChI=1S/C22H24N6O3/c1-2-9-18(24-22(23)31)21(30)26-25-20(29)17-14-28(16-12-7-4-8-13-16)27-19(17)15-10-5-3-6-11-15/h3-8,10-14,18H,2,9H2,1H3,(H,25,29)(H,26,30)(H3,23,24,31). The molecule has 1 aromatic heterocycles. The average molecular weight is 420 g/mol. The summed E-state index contributed by atoms with van der Waals surface area (Å²) < 4.78 is 1.60. The van der Waals surface area contributed by atoms with E-state index in [9.17, 15) is 14.4 Å². The van der Waals surface area contributed by atoms with E-state index < -0.39 is 23.9 Å². The van der Waals surface area contributed by atoms with Gasteiger partial charge in [0.05, 0.1) is 11.3 Å². The minimum absolute atomic E-state index is 0.283. The minimum Gasteiger partial charge on any atom is -0.352 e. The van der Waals surface area contributed by atoms with Crippen molar-refractivity contribution >= 4 is 17.8 Å². The number of amides is 4. The Labute approximate surface area is 179 Å². The van der Waals surface area contributed by atoms with E-state index in [-0.39, 0.29) is 5.56 Å². The lowest BCUT2D eigenvalue weighted by molar-refractivity contribution is -0.123. The largest absolute Gasteiger partial charge is 0.352 e. The summed E-state index contributed by atoms with van der Waals surface area (Å²) in [7, 11) is 0. The third kappa shape index (κ3) is 5.47. The highest BCUT2D eigenvalue weighted by molar-refractivity contribution is 6.01. The number of nitrogens with one attached hydrogen (secondary N) is 3. The van der Waals surface area contributed by atoms with Gasteiger partial charge in [-0.25, -0.2) is 9.48 Å². The Hall–Kier alpha value is -4.14. The maximum absolute atomic E-state index is 12.9. The number of carbonyl (C=O) groups is 3. The van der Waals surface area contributed by atoms with Gasteiger partial charge in [-0.3, -0.25) is 20.4 Å². The molecule has 2 aromatic carbocycles. The van der Waals surface area contributed by atoms with Gasteiger partial charge in [-0.2, -0.15) is 5.10 Å². The molecule has 0 aliphatic carbocycles. The summed E-state index contributed by atoms with van der Waals surface area (Å²) in [6, 6.07) is 17.0. The highest BCUT2D eigenvalue weighted by Gasteiger charge is 2.22. The zero-order chi connectivity index (χ0) is 22.2. The zero-order valence-electron chi connectivity index (χ0n) is 17.0. The number of urea groups is 1. The van der Waals surface area contributed by atoms with E-state index in [4.69, 9.17) is 5.73 Å². The first-order valence-electron chi connectivity index (χ1n) is 9.86. The summed E-state index contributed by atoms with van der Waals surface area (Å²) >= 11 is 0. The molecule has 9 heteroatoms. The van der Waals surface area contributed by atoms with Crippen LogP contribution in [0.2, 0.25) is 0 Å². The number of primary amides is 1. The lowest BCUT2D eigenvalue weighted by Gasteiger charge is -2.16. The fraction of sp³-hybridized carbons (Fsp3) is 0.182. The third-order valence-electron chi connectivity index (χ3n) is 4.54. The van der Waals surface area contributed by atoms with Crippen LogP contribution in [0.1, 0.15) is 30.1 Å². The van der Waals surface area contributed by atoms with Gasteiger partial charge in [0.1, 0.15) is 11.7 Å². The number of nitrogens with two attached hydrogens (primary N) is 1. The number of para-hydroxylation sites is 1. The number of nitrogens with zero attached hydrogens (tertiary/aromatic N) is 2. The van der Waals surface area contributed by atoms with Crippen molar-refractivity contribution in [1.29, 1.82) is 0 Å². The maximum Gasteiger partial charge on any atom is 0.312 e. The van der Waals surface area contributed by atoms with Gasteiger partial charge in [0.2, 0.25) is 0 Å². The number of hydrogen-bond donors (Lipinski definition) is 4. The van der Waals surface area contributed by atoms with Crippen molar-refractivity contribution in [3.8, 4) is 16.9 Å². The molecule has 9 nitrogen and oxygen atoms in total. The van der Waals surface area contributed by atoms with Crippen LogP contribution in [-0.4, -0.2) is 33.7 Å². The van der Waals surface area contributed by atoms with Crippen LogP contribution >= 0.6 is 0 Å². The van der Waals surface area contributed by atoms with Crippen molar-refractivity contribution in [1.82, 2.24) is 25.9 Å². The molecule has 160 valence electrons. The van der Waals surface area contributed by atoms with Crippen molar-refractivity contribution in [2.45, 2.75) is 25.8 Å². The maximum atomic E-state index is 12.9. The summed E-state index contributed by atoms with van der Waals surface area (Å²) in [6.07, 6.45) is 2.63. The van der Waals surface area contributed by atoms with Crippen LogP contribution < -0.4 is 21.9 Å². The normalized spacial score (nSPS) is 11.4. The van der Waals surface area contributed by atoms with Gasteiger partial charge >= 0.3 is 6.03 Å². The fourth-order valence-electron chi connectivity index (χ4n) is 3.06. The topological polar surface area (TPSA) is 131 Å². The molecule has 0 saturated carbocycles. The number of hydrazine groups is 1. The van der Waals surface area contributed by atoms with E-state index in [1.807, 2.05) is 67.6 Å². The Morgan fingerprint density at radius 3 is 2.26 bits per heavy atom. The van der Waals surface area contributed by atoms with Crippen LogP contribution in [0, 0.1) is 0 Å². The SMILES string of the molecule is CCCC(NC(N)=O)C(=O)NNC(=O)c1cn(-c2ccccc2)nc1-c1ccccc1. The van der Waals surface area contributed by atoms with Crippen molar-refractivity contribution < 1.29 is 14.4 Å². The molecule has 0 radical (unpaired) electrons. The van der Waals surface area contributed by atoms with E-state index in [0.717, 1.165) is 11.3 Å². The second kappa shape index (κ2) is 10.1. The van der Waals surface area contributed by atoms with Crippen LogP contribution in [0.4, 0.5) is 4.79 Å². The molecule has 31 heavy (non-hydrogen) atoms. The quantitative estimate of drug-likeness (QED) is 0.436. The van der Waals surface area contributed by atoms with Crippen LogP contribution in [0.25, 0.3) is 16.9 Å². The number of carbonyl (C=O) groups excluding carboxylic acids is 3. The molecule has 3 rings (SSSR count). The summed E-state index contributed by atoms with van der Waals surface area (Å²) in [6.45, 7) is 1.87. The van der Waals surface area contributed by atoms with E-state index in [1.54, 1.807) is 10.9 Å². The first-order valence-corrected chi connectivity index (χ1v) is 9.86. The summed E-state index contributed by atoms with van der Waals surface area (Å²) in [4.78, 5) is 36.4. The molecule has 4 amide bonds. The van der Waals surface area contributed by atoms with Crippen molar-refractivity contribution in [2.75, 3.05) is 0 Å². The van der Waals surface area contributed by atoms with Crippen LogP contribution in [0.3, 0.4) is 0 Å². The highest BCUT2D eigenvalue weighted by Crippen LogP contribution is 2.23. The van der Waals surface area contributed by atoms with Crippen LogP contribution in [0.5, 0.6) is 0 Å². The number of hydrogen-bond acceptors (Lipinski definition) is 4. The first-order chi connectivity index (χ1) is 15.0. The Morgan fingerprint density at radius 2 is 1.65 bits per heavy atom. The summed E-state index contributed by atoms with van der Waals surface area (Å²) in [5.41, 5.74) is 12.2. The van der Waals surface area contributed by atoms with Gasteiger partial charge in [0, 0.05) is 11.8 Å². The molecule has 0 saturated heterocycles. The fourth-order valence-corrected chi connectivity index (χ4v) is 3.06. The number of aromatic nitrogens is 2. The molecule has 0 spiro atoms.